The van der Waals surface area contributed by atoms with Crippen LogP contribution in [-0.4, -0.2) is 108 Å². The Kier molecular flexibility index (Phi) is 15.2. The zero-order valence-electron chi connectivity index (χ0n) is 36.3. The van der Waals surface area contributed by atoms with E-state index in [4.69, 9.17) is 0 Å². The lowest BCUT2D eigenvalue weighted by molar-refractivity contribution is 0.480. The van der Waals surface area contributed by atoms with Crippen LogP contribution in [0.4, 0.5) is 58.4 Å². The molecule has 0 fully saturated rings. The van der Waals surface area contributed by atoms with Crippen LogP contribution >= 0.6 is 0 Å². The van der Waals surface area contributed by atoms with Gasteiger partial charge in [0.1, 0.15) is 9.79 Å². The Balaban J connectivity index is 1.29. The summed E-state index contributed by atoms with van der Waals surface area (Å²) in [5.41, 5.74) is 0.738. The number of nitrogens with zero attached hydrogens (tertiary/aromatic N) is 8. The second-order valence-electron chi connectivity index (χ2n) is 14.2. The Hall–Kier alpha value is -6.92. The number of hydrogen-bond acceptors (Lipinski definition) is 20. The molecule has 0 saturated heterocycles. The lowest BCUT2D eigenvalue weighted by Gasteiger charge is -2.20. The van der Waals surface area contributed by atoms with Crippen LogP contribution in [0.1, 0.15) is 38.8 Å². The van der Waals surface area contributed by atoms with E-state index in [1.165, 1.54) is 84.9 Å². The van der Waals surface area contributed by atoms with Crippen molar-refractivity contribution >= 4 is 111 Å². The van der Waals surface area contributed by atoms with Crippen molar-refractivity contribution in [3.8, 4) is 0 Å². The molecule has 0 aliphatic rings. The second-order valence-corrected chi connectivity index (χ2v) is 19.8. The maximum atomic E-state index is 12.7. The van der Waals surface area contributed by atoms with Gasteiger partial charge in [-0.05, 0) is 112 Å². The first-order valence-corrected chi connectivity index (χ1v) is 25.9. The van der Waals surface area contributed by atoms with E-state index in [2.05, 4.69) is 51.2 Å². The average Bonchev–Trinajstić information content (AvgIpc) is 3.26. The molecule has 4 aromatic carbocycles. The van der Waals surface area contributed by atoms with Crippen LogP contribution < -0.4 is 31.1 Å². The van der Waals surface area contributed by atoms with E-state index in [-0.39, 0.29) is 68.0 Å². The first-order valence-electron chi connectivity index (χ1n) is 20.1. The fraction of sp³-hybridized carbons (Fsp3) is 0.200. The van der Waals surface area contributed by atoms with Crippen molar-refractivity contribution in [2.75, 3.05) is 57.2 Å². The van der Waals surface area contributed by atoms with Crippen LogP contribution in [0.3, 0.4) is 0 Å². The van der Waals surface area contributed by atoms with Crippen LogP contribution in [0.5, 0.6) is 0 Å². The third kappa shape index (κ3) is 12.9. The lowest BCUT2D eigenvalue weighted by Crippen LogP contribution is -2.25. The standard InChI is InChI=1S/C40H44N12O12S4/c1-5-51(6-2)39-47-35(41-27-15-19-31(20-16-27)65(53,54)55)45-37(49-39)43-29-13-11-25(33(23-29)67(59,60)61)9-10-26-12-14-30(24-34(26)68(62,63)64)44-38-46-36(48-40(50-38)52(7-3)8-4)42-28-17-21-32(22-18-28)66(56,57)58/h9-24H,5-8H2,1-4H3,(H,53,54,55)(H,56,57,58)(H,59,60,61)(H,62,63,64)(H2,41,43,45,47,49)(H2,42,44,46,48,50)/b10-9+. The molecule has 0 aliphatic carbocycles. The van der Waals surface area contributed by atoms with Crippen LogP contribution in [0.2, 0.25) is 0 Å². The van der Waals surface area contributed by atoms with Crippen molar-refractivity contribution in [3.63, 3.8) is 0 Å². The van der Waals surface area contributed by atoms with E-state index in [0.717, 1.165) is 12.1 Å². The molecule has 0 aliphatic heterocycles. The monoisotopic (exact) mass is 1010 g/mol. The van der Waals surface area contributed by atoms with Gasteiger partial charge < -0.3 is 31.1 Å². The molecule has 24 nitrogen and oxygen atoms in total. The maximum Gasteiger partial charge on any atom is 0.295 e. The molecule has 6 rings (SSSR count). The number of benzene rings is 4. The Morgan fingerprint density at radius 3 is 0.956 bits per heavy atom. The zero-order chi connectivity index (χ0) is 49.6. The van der Waals surface area contributed by atoms with Crippen molar-refractivity contribution < 1.29 is 51.9 Å². The minimum absolute atomic E-state index is 0.0121. The van der Waals surface area contributed by atoms with Gasteiger partial charge >= 0.3 is 0 Å². The smallest absolute Gasteiger partial charge is 0.295 e. The van der Waals surface area contributed by atoms with E-state index in [0.29, 0.717) is 37.6 Å². The number of rotatable bonds is 20. The highest BCUT2D eigenvalue weighted by atomic mass is 32.2. The van der Waals surface area contributed by atoms with Gasteiger partial charge in [-0.3, -0.25) is 18.2 Å². The van der Waals surface area contributed by atoms with Crippen molar-refractivity contribution in [3.05, 3.63) is 96.1 Å². The molecule has 0 amide bonds. The minimum Gasteiger partial charge on any atom is -0.341 e. The van der Waals surface area contributed by atoms with Crippen molar-refractivity contribution in [1.29, 1.82) is 0 Å². The summed E-state index contributed by atoms with van der Waals surface area (Å²) in [6, 6.07) is 17.9. The SMILES string of the molecule is CCN(CC)c1nc(Nc2ccc(S(=O)(=O)O)cc2)nc(Nc2ccc(/C=C/c3ccc(Nc4nc(Nc5ccc(S(=O)(=O)O)cc5)nc(N(CC)CC)n4)cc3S(=O)(=O)O)c(S(=O)(=O)O)c2)n1. The molecule has 0 spiro atoms. The van der Waals surface area contributed by atoms with Crippen LogP contribution in [0.25, 0.3) is 12.2 Å². The Morgan fingerprint density at radius 2 is 0.691 bits per heavy atom. The van der Waals surface area contributed by atoms with Gasteiger partial charge in [-0.2, -0.15) is 63.6 Å². The number of nitrogens with one attached hydrogen (secondary N) is 4. The Bertz CT molecular complexity index is 3080. The Labute approximate surface area is 391 Å². The molecule has 28 heteroatoms. The molecular formula is C40H44N12O12S4. The van der Waals surface area contributed by atoms with Gasteiger partial charge in [0.2, 0.25) is 35.7 Å². The second kappa shape index (κ2) is 20.5. The zero-order valence-corrected chi connectivity index (χ0v) is 39.6. The summed E-state index contributed by atoms with van der Waals surface area (Å²) in [5.74, 6) is 0.350. The third-order valence-electron chi connectivity index (χ3n) is 9.69. The normalized spacial score (nSPS) is 12.2. The molecule has 0 bridgehead atoms. The first kappa shape index (κ1) is 50.5. The molecule has 6 aromatic rings. The van der Waals surface area contributed by atoms with E-state index in [1.54, 1.807) is 9.80 Å². The quantitative estimate of drug-likeness (QED) is 0.0327. The van der Waals surface area contributed by atoms with Gasteiger partial charge in [-0.15, -0.1) is 0 Å². The van der Waals surface area contributed by atoms with Crippen LogP contribution in [-0.2, 0) is 40.5 Å². The van der Waals surface area contributed by atoms with Gasteiger partial charge in [0, 0.05) is 48.9 Å². The van der Waals surface area contributed by atoms with Gasteiger partial charge in [0.15, 0.2) is 0 Å². The summed E-state index contributed by atoms with van der Waals surface area (Å²) in [6.45, 7) is 9.45. The molecule has 0 unspecified atom stereocenters. The number of hydrogen-bond donors (Lipinski definition) is 8. The van der Waals surface area contributed by atoms with Crippen molar-refractivity contribution in [1.82, 2.24) is 29.9 Å². The fourth-order valence-corrected chi connectivity index (χ4v) is 8.69. The molecule has 2 aromatic heterocycles. The van der Waals surface area contributed by atoms with E-state index in [1.807, 2.05) is 27.7 Å². The number of anilines is 10. The largest absolute Gasteiger partial charge is 0.341 e. The topological polar surface area (TPSA) is 349 Å². The molecule has 0 radical (unpaired) electrons. The lowest BCUT2D eigenvalue weighted by atomic mass is 10.1. The number of aromatic nitrogens is 6. The minimum atomic E-state index is -4.94. The molecule has 360 valence electrons. The van der Waals surface area contributed by atoms with E-state index in [9.17, 15) is 51.9 Å². The van der Waals surface area contributed by atoms with Gasteiger partial charge in [0.25, 0.3) is 40.5 Å². The van der Waals surface area contributed by atoms with Gasteiger partial charge in [0.05, 0.1) is 9.79 Å². The van der Waals surface area contributed by atoms with Gasteiger partial charge in [-0.25, -0.2) is 0 Å². The molecular weight excluding hydrogens is 969 g/mol. The summed E-state index contributed by atoms with van der Waals surface area (Å²) in [4.78, 5) is 28.3. The van der Waals surface area contributed by atoms with Gasteiger partial charge in [-0.1, -0.05) is 24.3 Å². The summed E-state index contributed by atoms with van der Waals surface area (Å²) >= 11 is 0. The predicted octanol–water partition coefficient (Wildman–Crippen LogP) is 5.88. The first-order chi connectivity index (χ1) is 32.0. The van der Waals surface area contributed by atoms with E-state index < -0.39 is 50.3 Å². The molecule has 2 heterocycles. The maximum absolute atomic E-state index is 12.7. The summed E-state index contributed by atoms with van der Waals surface area (Å²) in [7, 11) is -18.7. The highest BCUT2D eigenvalue weighted by Crippen LogP contribution is 2.30. The molecule has 0 saturated carbocycles. The van der Waals surface area contributed by atoms with Crippen molar-refractivity contribution in [2.24, 2.45) is 0 Å². The third-order valence-corrected chi connectivity index (χ3v) is 13.2. The summed E-state index contributed by atoms with van der Waals surface area (Å²) < 4.78 is 136. The average molecular weight is 1010 g/mol. The highest BCUT2D eigenvalue weighted by Gasteiger charge is 2.21. The molecule has 68 heavy (non-hydrogen) atoms. The molecule has 8 N–H and O–H groups in total. The summed E-state index contributed by atoms with van der Waals surface area (Å²) in [6.07, 6.45) is 2.42. The summed E-state index contributed by atoms with van der Waals surface area (Å²) in [5, 5.41) is 11.7. The molecule has 0 atom stereocenters. The highest BCUT2D eigenvalue weighted by molar-refractivity contribution is 7.86. The van der Waals surface area contributed by atoms with E-state index >= 15 is 0 Å². The Morgan fingerprint density at radius 1 is 0.412 bits per heavy atom. The van der Waals surface area contributed by atoms with Crippen LogP contribution in [0.15, 0.2) is 105 Å². The predicted molar refractivity (Wildman–Crippen MR) is 254 cm³/mol. The van der Waals surface area contributed by atoms with Crippen LogP contribution in [0, 0.1) is 0 Å². The fourth-order valence-electron chi connectivity index (χ4n) is 6.31. The van der Waals surface area contributed by atoms with Crippen molar-refractivity contribution in [2.45, 2.75) is 47.3 Å².